The lowest BCUT2D eigenvalue weighted by molar-refractivity contribution is -0.148. The molecule has 0 bridgehead atoms. The number of hydrogen-bond donors (Lipinski definition) is 1. The minimum Gasteiger partial charge on any atom is -0.469 e. The molecule has 0 saturated heterocycles. The van der Waals surface area contributed by atoms with Gasteiger partial charge in [-0.05, 0) is 19.1 Å². The smallest absolute Gasteiger partial charge is 0.311 e. The van der Waals surface area contributed by atoms with Crippen LogP contribution >= 0.6 is 0 Å². The molecule has 1 aromatic carbocycles. The molecule has 0 spiro atoms. The molecular formula is C14H15NO5. The number of rotatable bonds is 4. The van der Waals surface area contributed by atoms with Gasteiger partial charge >= 0.3 is 5.97 Å². The molecule has 2 rings (SSSR count). The molecule has 0 saturated carbocycles. The number of ether oxygens (including phenoxy) is 1. The van der Waals surface area contributed by atoms with E-state index in [0.717, 1.165) is 4.90 Å². The number of carbonyl (C=O) groups excluding carboxylic acids is 3. The fraction of sp³-hybridized carbons (Fsp3) is 0.357. The Morgan fingerprint density at radius 2 is 1.75 bits per heavy atom. The summed E-state index contributed by atoms with van der Waals surface area (Å²) in [6.45, 7) is 1.25. The van der Waals surface area contributed by atoms with Crippen molar-refractivity contribution in [2.75, 3.05) is 13.7 Å². The summed E-state index contributed by atoms with van der Waals surface area (Å²) in [7, 11) is 1.22. The molecule has 1 heterocycles. The first-order valence-corrected chi connectivity index (χ1v) is 6.18. The summed E-state index contributed by atoms with van der Waals surface area (Å²) < 4.78 is 4.53. The number of β-amino-alcohol motifs (C(OH)–C–C–N with tert-alkyl or cyclic N) is 1. The topological polar surface area (TPSA) is 83.9 Å². The summed E-state index contributed by atoms with van der Waals surface area (Å²) in [5, 5.41) is 9.95. The Balaban J connectivity index is 2.15. The fourth-order valence-electron chi connectivity index (χ4n) is 2.09. The number of aliphatic hydroxyl groups excluding tert-OH is 1. The van der Waals surface area contributed by atoms with Crippen molar-refractivity contribution in [3.05, 3.63) is 35.4 Å². The number of amides is 2. The van der Waals surface area contributed by atoms with Gasteiger partial charge in [0.1, 0.15) is 0 Å². The van der Waals surface area contributed by atoms with Gasteiger partial charge < -0.3 is 9.84 Å². The highest BCUT2D eigenvalue weighted by atomic mass is 16.5. The highest BCUT2D eigenvalue weighted by Crippen LogP contribution is 2.23. The van der Waals surface area contributed by atoms with Crippen molar-refractivity contribution in [3.8, 4) is 0 Å². The Bertz CT molecular complexity index is 533. The van der Waals surface area contributed by atoms with E-state index in [1.807, 2.05) is 0 Å². The second-order valence-corrected chi connectivity index (χ2v) is 4.65. The average Bonchev–Trinajstić information content (AvgIpc) is 2.71. The van der Waals surface area contributed by atoms with E-state index < -0.39 is 29.8 Å². The van der Waals surface area contributed by atoms with E-state index in [-0.39, 0.29) is 6.54 Å². The first-order chi connectivity index (χ1) is 9.47. The third-order valence-corrected chi connectivity index (χ3v) is 3.40. The van der Waals surface area contributed by atoms with Gasteiger partial charge in [0.15, 0.2) is 0 Å². The number of fused-ring (bicyclic) bond motifs is 1. The standard InChI is InChI=1S/C14H15NO5/c1-8(14(19)20-2)11(16)7-15-12(17)9-5-3-4-6-10(9)13(15)18/h3-6,8,11,16H,7H2,1-2H3/t8-,11+/m0/s1. The van der Waals surface area contributed by atoms with E-state index in [2.05, 4.69) is 4.74 Å². The molecule has 0 unspecified atom stereocenters. The zero-order valence-electron chi connectivity index (χ0n) is 11.2. The highest BCUT2D eigenvalue weighted by molar-refractivity contribution is 6.21. The van der Waals surface area contributed by atoms with Gasteiger partial charge in [-0.25, -0.2) is 0 Å². The Morgan fingerprint density at radius 1 is 1.25 bits per heavy atom. The van der Waals surface area contributed by atoms with Crippen LogP contribution in [0.4, 0.5) is 0 Å². The number of benzene rings is 1. The zero-order valence-corrected chi connectivity index (χ0v) is 11.2. The lowest BCUT2D eigenvalue weighted by atomic mass is 10.0. The molecular weight excluding hydrogens is 262 g/mol. The van der Waals surface area contributed by atoms with Crippen molar-refractivity contribution in [1.82, 2.24) is 4.90 Å². The predicted molar refractivity (Wildman–Crippen MR) is 69.0 cm³/mol. The first-order valence-electron chi connectivity index (χ1n) is 6.18. The molecule has 2 atom stereocenters. The van der Waals surface area contributed by atoms with E-state index in [4.69, 9.17) is 0 Å². The number of hydrogen-bond acceptors (Lipinski definition) is 5. The molecule has 6 nitrogen and oxygen atoms in total. The molecule has 0 aliphatic carbocycles. The third kappa shape index (κ3) is 2.30. The van der Waals surface area contributed by atoms with Gasteiger partial charge in [0, 0.05) is 0 Å². The Labute approximate surface area is 115 Å². The molecule has 6 heteroatoms. The maximum absolute atomic E-state index is 12.1. The van der Waals surface area contributed by atoms with Gasteiger partial charge in [0.2, 0.25) is 0 Å². The maximum atomic E-state index is 12.1. The second kappa shape index (κ2) is 5.42. The van der Waals surface area contributed by atoms with Crippen molar-refractivity contribution < 1.29 is 24.2 Å². The SMILES string of the molecule is COC(=O)[C@@H](C)[C@H](O)CN1C(=O)c2ccccc2C1=O. The van der Waals surface area contributed by atoms with Crippen LogP contribution in [0.25, 0.3) is 0 Å². The van der Waals surface area contributed by atoms with Crippen molar-refractivity contribution in [2.24, 2.45) is 5.92 Å². The van der Waals surface area contributed by atoms with Crippen molar-refractivity contribution in [1.29, 1.82) is 0 Å². The number of aliphatic hydroxyl groups is 1. The summed E-state index contributed by atoms with van der Waals surface area (Å²) in [6, 6.07) is 6.46. The van der Waals surface area contributed by atoms with Crippen molar-refractivity contribution >= 4 is 17.8 Å². The number of nitrogens with zero attached hydrogens (tertiary/aromatic N) is 1. The summed E-state index contributed by atoms with van der Waals surface area (Å²) in [6.07, 6.45) is -1.16. The molecule has 106 valence electrons. The minimum atomic E-state index is -1.16. The molecule has 20 heavy (non-hydrogen) atoms. The van der Waals surface area contributed by atoms with Crippen molar-refractivity contribution in [3.63, 3.8) is 0 Å². The van der Waals surface area contributed by atoms with Crippen LogP contribution in [-0.2, 0) is 9.53 Å². The number of methoxy groups -OCH3 is 1. The summed E-state index contributed by atoms with van der Waals surface area (Å²) in [4.78, 5) is 36.5. The Kier molecular flexibility index (Phi) is 3.85. The van der Waals surface area contributed by atoms with Crippen LogP contribution in [0.5, 0.6) is 0 Å². The third-order valence-electron chi connectivity index (χ3n) is 3.40. The van der Waals surface area contributed by atoms with Gasteiger partial charge in [-0.3, -0.25) is 19.3 Å². The summed E-state index contributed by atoms with van der Waals surface area (Å²) in [5.41, 5.74) is 0.630. The van der Waals surface area contributed by atoms with E-state index in [1.165, 1.54) is 14.0 Å². The lowest BCUT2D eigenvalue weighted by Gasteiger charge is -2.21. The van der Waals surface area contributed by atoms with Crippen LogP contribution in [0.2, 0.25) is 0 Å². The monoisotopic (exact) mass is 277 g/mol. The number of carbonyl (C=O) groups is 3. The van der Waals surface area contributed by atoms with Crippen LogP contribution in [0.1, 0.15) is 27.6 Å². The average molecular weight is 277 g/mol. The van der Waals surface area contributed by atoms with Crippen molar-refractivity contribution in [2.45, 2.75) is 13.0 Å². The van der Waals surface area contributed by atoms with E-state index in [9.17, 15) is 19.5 Å². The predicted octanol–water partition coefficient (Wildman–Crippen LogP) is 0.453. The minimum absolute atomic E-state index is 0.234. The normalized spacial score (nSPS) is 16.9. The van der Waals surface area contributed by atoms with E-state index in [0.29, 0.717) is 11.1 Å². The molecule has 1 aromatic rings. The van der Waals surface area contributed by atoms with Crippen LogP contribution in [0.15, 0.2) is 24.3 Å². The fourth-order valence-corrected chi connectivity index (χ4v) is 2.09. The van der Waals surface area contributed by atoms with E-state index >= 15 is 0 Å². The van der Waals surface area contributed by atoms with E-state index in [1.54, 1.807) is 24.3 Å². The highest BCUT2D eigenvalue weighted by Gasteiger charge is 2.37. The van der Waals surface area contributed by atoms with Crippen LogP contribution < -0.4 is 0 Å². The second-order valence-electron chi connectivity index (χ2n) is 4.65. The molecule has 2 amide bonds. The van der Waals surface area contributed by atoms with Gasteiger partial charge in [-0.2, -0.15) is 0 Å². The van der Waals surface area contributed by atoms with Crippen LogP contribution in [0, 0.1) is 5.92 Å². The number of imide groups is 1. The van der Waals surface area contributed by atoms with Gasteiger partial charge in [0.25, 0.3) is 11.8 Å². The molecule has 0 radical (unpaired) electrons. The van der Waals surface area contributed by atoms with Crippen LogP contribution in [0.3, 0.4) is 0 Å². The van der Waals surface area contributed by atoms with Crippen LogP contribution in [-0.4, -0.2) is 47.5 Å². The molecule has 1 N–H and O–H groups in total. The summed E-state index contributed by atoms with van der Waals surface area (Å²) >= 11 is 0. The Hall–Kier alpha value is -2.21. The van der Waals surface area contributed by atoms with Gasteiger partial charge in [-0.15, -0.1) is 0 Å². The maximum Gasteiger partial charge on any atom is 0.311 e. The lowest BCUT2D eigenvalue weighted by Crippen LogP contribution is -2.41. The quantitative estimate of drug-likeness (QED) is 0.638. The molecule has 0 fully saturated rings. The zero-order chi connectivity index (χ0) is 14.9. The first kappa shape index (κ1) is 14.2. The molecule has 1 aliphatic heterocycles. The Morgan fingerprint density at radius 3 is 2.20 bits per heavy atom. The largest absolute Gasteiger partial charge is 0.469 e. The summed E-state index contributed by atoms with van der Waals surface area (Å²) in [5.74, 6) is -2.32. The van der Waals surface area contributed by atoms with Gasteiger partial charge in [0.05, 0.1) is 36.8 Å². The molecule has 0 aromatic heterocycles. The number of esters is 1. The molecule has 1 aliphatic rings. The van der Waals surface area contributed by atoms with Gasteiger partial charge in [-0.1, -0.05) is 12.1 Å².